The fourth-order valence-electron chi connectivity index (χ4n) is 1.62. The molecule has 17 heavy (non-hydrogen) atoms. The summed E-state index contributed by atoms with van der Waals surface area (Å²) in [7, 11) is 0. The van der Waals surface area contributed by atoms with Gasteiger partial charge >= 0.3 is 0 Å². The van der Waals surface area contributed by atoms with Crippen molar-refractivity contribution in [1.29, 1.82) is 0 Å². The molecule has 0 unspecified atom stereocenters. The van der Waals surface area contributed by atoms with Gasteiger partial charge in [0.25, 0.3) is 17.5 Å². The van der Waals surface area contributed by atoms with Crippen LogP contribution in [-0.4, -0.2) is 16.7 Å². The second kappa shape index (κ2) is 3.82. The summed E-state index contributed by atoms with van der Waals surface area (Å²) >= 11 is 0. The number of imide groups is 1. The number of carbonyl (C=O) groups excluding carboxylic acids is 2. The van der Waals surface area contributed by atoms with E-state index in [1.807, 2.05) is 0 Å². The predicted molar refractivity (Wildman–Crippen MR) is 59.3 cm³/mol. The highest BCUT2D eigenvalue weighted by Gasteiger charge is 2.33. The molecule has 0 saturated heterocycles. The first kappa shape index (κ1) is 11.0. The summed E-state index contributed by atoms with van der Waals surface area (Å²) in [5.74, 6) is -1.08. The summed E-state index contributed by atoms with van der Waals surface area (Å²) in [5.41, 5.74) is 0.00560. The number of anilines is 1. The molecule has 0 atom stereocenters. The maximum atomic E-state index is 11.7. The van der Waals surface area contributed by atoms with Crippen molar-refractivity contribution in [3.8, 4) is 0 Å². The summed E-state index contributed by atoms with van der Waals surface area (Å²) in [6.07, 6.45) is 1.17. The van der Waals surface area contributed by atoms with E-state index in [4.69, 9.17) is 0 Å². The summed E-state index contributed by atoms with van der Waals surface area (Å²) in [6, 6.07) is 5.65. The van der Waals surface area contributed by atoms with Gasteiger partial charge in [-0.2, -0.15) is 0 Å². The second-order valence-corrected chi connectivity index (χ2v) is 3.55. The molecule has 0 saturated carbocycles. The van der Waals surface area contributed by atoms with Gasteiger partial charge in [0.15, 0.2) is 0 Å². The van der Waals surface area contributed by atoms with E-state index in [0.29, 0.717) is 0 Å². The van der Waals surface area contributed by atoms with Crippen LogP contribution in [0.25, 0.3) is 0 Å². The molecule has 1 aliphatic heterocycles. The SMILES string of the molecule is CC1=CC(=O)N(c2ccccc2[N+](=O)[O-])C1=O. The average Bonchev–Trinajstić information content (AvgIpc) is 2.53. The molecule has 0 bridgehead atoms. The van der Waals surface area contributed by atoms with Crippen LogP contribution in [0.15, 0.2) is 35.9 Å². The minimum Gasteiger partial charge on any atom is -0.269 e. The molecular weight excluding hydrogens is 224 g/mol. The molecule has 86 valence electrons. The van der Waals surface area contributed by atoms with Crippen molar-refractivity contribution < 1.29 is 14.5 Å². The van der Waals surface area contributed by atoms with E-state index in [-0.39, 0.29) is 16.9 Å². The van der Waals surface area contributed by atoms with Crippen molar-refractivity contribution in [2.75, 3.05) is 4.90 Å². The summed E-state index contributed by atoms with van der Waals surface area (Å²) < 4.78 is 0. The lowest BCUT2D eigenvalue weighted by atomic mass is 10.2. The minimum atomic E-state index is -0.621. The van der Waals surface area contributed by atoms with E-state index in [9.17, 15) is 19.7 Å². The van der Waals surface area contributed by atoms with Crippen LogP contribution in [-0.2, 0) is 9.59 Å². The maximum Gasteiger partial charge on any atom is 0.293 e. The third-order valence-electron chi connectivity index (χ3n) is 2.42. The predicted octanol–water partition coefficient (Wildman–Crippen LogP) is 1.41. The number of para-hydroxylation sites is 2. The van der Waals surface area contributed by atoms with Crippen LogP contribution in [0.3, 0.4) is 0 Å². The van der Waals surface area contributed by atoms with E-state index < -0.39 is 16.7 Å². The van der Waals surface area contributed by atoms with Gasteiger partial charge in [-0.1, -0.05) is 12.1 Å². The Morgan fingerprint density at radius 3 is 2.41 bits per heavy atom. The smallest absolute Gasteiger partial charge is 0.269 e. The zero-order valence-corrected chi connectivity index (χ0v) is 8.91. The van der Waals surface area contributed by atoms with Gasteiger partial charge in [0.2, 0.25) is 0 Å². The van der Waals surface area contributed by atoms with Crippen LogP contribution in [0, 0.1) is 10.1 Å². The first-order valence-corrected chi connectivity index (χ1v) is 4.82. The van der Waals surface area contributed by atoms with Gasteiger partial charge in [-0.25, -0.2) is 4.90 Å². The molecule has 0 N–H and O–H groups in total. The molecule has 6 heteroatoms. The number of nitrogens with zero attached hydrogens (tertiary/aromatic N) is 2. The largest absolute Gasteiger partial charge is 0.293 e. The zero-order chi connectivity index (χ0) is 12.6. The van der Waals surface area contributed by atoms with E-state index >= 15 is 0 Å². The fourth-order valence-corrected chi connectivity index (χ4v) is 1.62. The number of hydrogen-bond acceptors (Lipinski definition) is 4. The third-order valence-corrected chi connectivity index (χ3v) is 2.42. The van der Waals surface area contributed by atoms with Gasteiger partial charge in [0, 0.05) is 17.7 Å². The molecular formula is C11H8N2O4. The zero-order valence-electron chi connectivity index (χ0n) is 8.91. The lowest BCUT2D eigenvalue weighted by Gasteiger charge is -2.13. The Labute approximate surface area is 96.3 Å². The molecule has 1 heterocycles. The Morgan fingerprint density at radius 2 is 1.88 bits per heavy atom. The van der Waals surface area contributed by atoms with Gasteiger partial charge in [-0.3, -0.25) is 19.7 Å². The number of rotatable bonds is 2. The number of amides is 2. The van der Waals surface area contributed by atoms with Crippen LogP contribution in [0.5, 0.6) is 0 Å². The number of hydrogen-bond donors (Lipinski definition) is 0. The van der Waals surface area contributed by atoms with Gasteiger partial charge in [0.05, 0.1) is 4.92 Å². The molecule has 6 nitrogen and oxygen atoms in total. The molecule has 2 rings (SSSR count). The van der Waals surface area contributed by atoms with E-state index in [2.05, 4.69) is 0 Å². The molecule has 0 radical (unpaired) electrons. The Bertz CT molecular complexity index is 562. The van der Waals surface area contributed by atoms with Crippen molar-refractivity contribution in [1.82, 2.24) is 0 Å². The summed E-state index contributed by atoms with van der Waals surface area (Å²) in [4.78, 5) is 34.3. The molecule has 1 aromatic rings. The van der Waals surface area contributed by atoms with Crippen LogP contribution in [0.1, 0.15) is 6.92 Å². The highest BCUT2D eigenvalue weighted by Crippen LogP contribution is 2.31. The van der Waals surface area contributed by atoms with E-state index in [0.717, 1.165) is 4.90 Å². The summed E-state index contributed by atoms with van der Waals surface area (Å²) in [6.45, 7) is 1.50. The molecule has 0 aromatic heterocycles. The second-order valence-electron chi connectivity index (χ2n) is 3.55. The lowest BCUT2D eigenvalue weighted by Crippen LogP contribution is -2.31. The average molecular weight is 232 g/mol. The van der Waals surface area contributed by atoms with Crippen molar-refractivity contribution in [3.05, 3.63) is 46.0 Å². The third kappa shape index (κ3) is 1.69. The summed E-state index contributed by atoms with van der Waals surface area (Å²) in [5, 5.41) is 10.8. The Kier molecular flexibility index (Phi) is 2.47. The molecule has 0 spiro atoms. The standard InChI is InChI=1S/C11H8N2O4/c1-7-6-10(14)12(11(7)15)8-4-2-3-5-9(8)13(16)17/h2-6H,1H3. The van der Waals surface area contributed by atoms with Crippen molar-refractivity contribution in [3.63, 3.8) is 0 Å². The monoisotopic (exact) mass is 232 g/mol. The number of benzene rings is 1. The molecule has 0 fully saturated rings. The molecule has 2 amide bonds. The van der Waals surface area contributed by atoms with Crippen LogP contribution in [0.2, 0.25) is 0 Å². The first-order valence-electron chi connectivity index (χ1n) is 4.82. The molecule has 1 aromatic carbocycles. The van der Waals surface area contributed by atoms with Crippen LogP contribution >= 0.6 is 0 Å². The Balaban J connectivity index is 2.53. The van der Waals surface area contributed by atoms with Gasteiger partial charge in [-0.15, -0.1) is 0 Å². The number of nitro groups is 1. The molecule has 1 aliphatic rings. The van der Waals surface area contributed by atoms with Crippen molar-refractivity contribution in [2.24, 2.45) is 0 Å². The Hall–Kier alpha value is -2.50. The highest BCUT2D eigenvalue weighted by molar-refractivity contribution is 6.31. The molecule has 0 aliphatic carbocycles. The van der Waals surface area contributed by atoms with Crippen LogP contribution in [0.4, 0.5) is 11.4 Å². The Morgan fingerprint density at radius 1 is 1.24 bits per heavy atom. The minimum absolute atomic E-state index is 0.000556. The maximum absolute atomic E-state index is 11.7. The first-order chi connectivity index (χ1) is 8.02. The van der Waals surface area contributed by atoms with E-state index in [1.54, 1.807) is 0 Å². The normalized spacial score (nSPS) is 15.1. The van der Waals surface area contributed by atoms with E-state index in [1.165, 1.54) is 37.3 Å². The lowest BCUT2D eigenvalue weighted by molar-refractivity contribution is -0.384. The number of carbonyl (C=O) groups is 2. The topological polar surface area (TPSA) is 80.5 Å². The van der Waals surface area contributed by atoms with Crippen LogP contribution < -0.4 is 4.90 Å². The van der Waals surface area contributed by atoms with Crippen molar-refractivity contribution in [2.45, 2.75) is 6.92 Å². The number of nitro benzene ring substituents is 1. The highest BCUT2D eigenvalue weighted by atomic mass is 16.6. The quantitative estimate of drug-likeness (QED) is 0.438. The van der Waals surface area contributed by atoms with Gasteiger partial charge in [-0.05, 0) is 13.0 Å². The van der Waals surface area contributed by atoms with Gasteiger partial charge in [0.1, 0.15) is 5.69 Å². The van der Waals surface area contributed by atoms with Crippen molar-refractivity contribution >= 4 is 23.2 Å². The van der Waals surface area contributed by atoms with Gasteiger partial charge < -0.3 is 0 Å². The fraction of sp³-hybridized carbons (Fsp3) is 0.0909.